The lowest BCUT2D eigenvalue weighted by Crippen LogP contribution is -2.60. The molecule has 1 aromatic carbocycles. The van der Waals surface area contributed by atoms with Crippen molar-refractivity contribution >= 4 is 11.8 Å². The maximum absolute atomic E-state index is 13.8. The first kappa shape index (κ1) is 17.4. The molecule has 0 saturated carbocycles. The first-order valence-corrected chi connectivity index (χ1v) is 9.22. The van der Waals surface area contributed by atoms with Gasteiger partial charge in [-0.1, -0.05) is 0 Å². The Kier molecular flexibility index (Phi) is 4.42. The quantitative estimate of drug-likeness (QED) is 0.884. The summed E-state index contributed by atoms with van der Waals surface area (Å²) < 4.78 is 27.5. The Labute approximate surface area is 151 Å². The van der Waals surface area contributed by atoms with Gasteiger partial charge in [-0.05, 0) is 49.5 Å². The molecule has 4 fully saturated rings. The number of primary amides is 1. The zero-order chi connectivity index (χ0) is 18.4. The molecule has 2 bridgehead atoms. The normalized spacial score (nSPS) is 32.5. The summed E-state index contributed by atoms with van der Waals surface area (Å²) >= 11 is 0. The summed E-state index contributed by atoms with van der Waals surface area (Å²) in [6.07, 6.45) is 2.19. The summed E-state index contributed by atoms with van der Waals surface area (Å²) in [6, 6.07) is 3.77. The zero-order valence-electron chi connectivity index (χ0n) is 14.5. The molecule has 7 heteroatoms. The van der Waals surface area contributed by atoms with Crippen LogP contribution in [0.2, 0.25) is 0 Å². The average Bonchev–Trinajstić information content (AvgIpc) is 3.03. The molecule has 4 saturated heterocycles. The molecule has 5 nitrogen and oxygen atoms in total. The van der Waals surface area contributed by atoms with E-state index in [9.17, 15) is 18.4 Å². The number of nitrogens with two attached hydrogens (primary N) is 1. The van der Waals surface area contributed by atoms with Gasteiger partial charge in [-0.2, -0.15) is 0 Å². The molecule has 3 atom stereocenters. The highest BCUT2D eigenvalue weighted by Crippen LogP contribution is 2.46. The molecule has 1 aromatic rings. The Morgan fingerprint density at radius 2 is 1.69 bits per heavy atom. The SMILES string of the molecule is NC(=O)CCC(=O)N1C[C@H](c2cc(F)cc(F)c2)[C@H]2[C@@H]1C1CCN2CC1. The Bertz CT molecular complexity index is 713. The number of nitrogens with zero attached hydrogens (tertiary/aromatic N) is 2. The van der Waals surface area contributed by atoms with Gasteiger partial charge < -0.3 is 10.6 Å². The fourth-order valence-corrected chi connectivity index (χ4v) is 5.16. The van der Waals surface area contributed by atoms with Crippen molar-refractivity contribution < 1.29 is 18.4 Å². The van der Waals surface area contributed by atoms with Gasteiger partial charge in [0.15, 0.2) is 0 Å². The number of hydrogen-bond acceptors (Lipinski definition) is 3. The van der Waals surface area contributed by atoms with Crippen LogP contribution in [0.25, 0.3) is 0 Å². The number of likely N-dealkylation sites (tertiary alicyclic amines) is 1. The molecule has 0 unspecified atom stereocenters. The van der Waals surface area contributed by atoms with Crippen molar-refractivity contribution in [2.24, 2.45) is 11.7 Å². The van der Waals surface area contributed by atoms with Crippen molar-refractivity contribution in [2.45, 2.75) is 43.7 Å². The van der Waals surface area contributed by atoms with Gasteiger partial charge in [0.25, 0.3) is 0 Å². The van der Waals surface area contributed by atoms with Gasteiger partial charge in [-0.3, -0.25) is 14.5 Å². The Balaban J connectivity index is 1.65. The zero-order valence-corrected chi connectivity index (χ0v) is 14.5. The average molecular weight is 363 g/mol. The van der Waals surface area contributed by atoms with Crippen molar-refractivity contribution in [3.63, 3.8) is 0 Å². The highest BCUT2D eigenvalue weighted by molar-refractivity contribution is 5.83. The minimum absolute atomic E-state index is 0.0281. The van der Waals surface area contributed by atoms with Crippen LogP contribution >= 0.6 is 0 Å². The summed E-state index contributed by atoms with van der Waals surface area (Å²) in [4.78, 5) is 28.0. The fraction of sp³-hybridized carbons (Fsp3) is 0.579. The minimum atomic E-state index is -0.592. The maximum atomic E-state index is 13.8. The van der Waals surface area contributed by atoms with Crippen molar-refractivity contribution in [1.29, 1.82) is 0 Å². The minimum Gasteiger partial charge on any atom is -0.370 e. The van der Waals surface area contributed by atoms with Crippen LogP contribution in [-0.2, 0) is 9.59 Å². The van der Waals surface area contributed by atoms with Gasteiger partial charge in [-0.25, -0.2) is 8.78 Å². The summed E-state index contributed by atoms with van der Waals surface area (Å²) in [5.41, 5.74) is 5.79. The molecule has 140 valence electrons. The van der Waals surface area contributed by atoms with Crippen LogP contribution < -0.4 is 5.73 Å². The predicted molar refractivity (Wildman–Crippen MR) is 91.1 cm³/mol. The number of amides is 2. The predicted octanol–water partition coefficient (Wildman–Crippen LogP) is 1.62. The summed E-state index contributed by atoms with van der Waals surface area (Å²) in [6.45, 7) is 2.36. The number of rotatable bonds is 4. The van der Waals surface area contributed by atoms with Gasteiger partial charge in [-0.15, -0.1) is 0 Å². The van der Waals surface area contributed by atoms with Crippen LogP contribution in [0.3, 0.4) is 0 Å². The van der Waals surface area contributed by atoms with Crippen molar-refractivity contribution in [3.8, 4) is 0 Å². The molecule has 5 rings (SSSR count). The molecule has 2 N–H and O–H groups in total. The highest BCUT2D eigenvalue weighted by atomic mass is 19.1. The van der Waals surface area contributed by atoms with E-state index in [0.29, 0.717) is 18.0 Å². The van der Waals surface area contributed by atoms with Gasteiger partial charge in [0.2, 0.25) is 11.8 Å². The lowest BCUT2D eigenvalue weighted by atomic mass is 9.75. The van der Waals surface area contributed by atoms with Crippen molar-refractivity contribution in [1.82, 2.24) is 9.80 Å². The van der Waals surface area contributed by atoms with Gasteiger partial charge in [0, 0.05) is 37.4 Å². The van der Waals surface area contributed by atoms with Crippen LogP contribution in [0, 0.1) is 17.6 Å². The molecule has 4 aliphatic rings. The van der Waals surface area contributed by atoms with E-state index in [1.54, 1.807) is 0 Å². The van der Waals surface area contributed by atoms with Crippen LogP contribution in [0.5, 0.6) is 0 Å². The summed E-state index contributed by atoms with van der Waals surface area (Å²) in [5.74, 6) is -1.48. The number of carbonyl (C=O) groups is 2. The standard InChI is InChI=1S/C19H23F2N3O2/c20-13-7-12(8-14(21)9-13)15-10-24(17(26)2-1-16(22)25)18-11-3-5-23(6-4-11)19(15)18/h7-9,11,15,18-19H,1-6,10H2,(H2,22,25)/t15-,18+,19+/m1/s1. The van der Waals surface area contributed by atoms with Crippen LogP contribution in [0.15, 0.2) is 18.2 Å². The van der Waals surface area contributed by atoms with E-state index in [0.717, 1.165) is 32.0 Å². The van der Waals surface area contributed by atoms with E-state index in [4.69, 9.17) is 5.73 Å². The third-order valence-corrected chi connectivity index (χ3v) is 6.21. The van der Waals surface area contributed by atoms with E-state index in [-0.39, 0.29) is 36.8 Å². The third kappa shape index (κ3) is 2.98. The number of benzene rings is 1. The Morgan fingerprint density at radius 1 is 1.04 bits per heavy atom. The molecule has 26 heavy (non-hydrogen) atoms. The number of hydrogen-bond donors (Lipinski definition) is 1. The largest absolute Gasteiger partial charge is 0.370 e. The smallest absolute Gasteiger partial charge is 0.223 e. The second-order valence-electron chi connectivity index (χ2n) is 7.68. The topological polar surface area (TPSA) is 66.6 Å². The maximum Gasteiger partial charge on any atom is 0.223 e. The monoisotopic (exact) mass is 363 g/mol. The Morgan fingerprint density at radius 3 is 2.31 bits per heavy atom. The van der Waals surface area contributed by atoms with Gasteiger partial charge >= 0.3 is 0 Å². The fourth-order valence-electron chi connectivity index (χ4n) is 5.16. The first-order valence-electron chi connectivity index (χ1n) is 9.22. The number of halogens is 2. The van der Waals surface area contributed by atoms with Crippen LogP contribution in [0.1, 0.15) is 37.2 Å². The van der Waals surface area contributed by atoms with Crippen LogP contribution in [0.4, 0.5) is 8.78 Å². The molecule has 4 aliphatic heterocycles. The Hall–Kier alpha value is -2.02. The van der Waals surface area contributed by atoms with Gasteiger partial charge in [0.05, 0.1) is 6.04 Å². The van der Waals surface area contributed by atoms with E-state index >= 15 is 0 Å². The summed E-state index contributed by atoms with van der Waals surface area (Å²) in [5, 5.41) is 0. The van der Waals surface area contributed by atoms with E-state index in [2.05, 4.69) is 4.90 Å². The molecule has 0 aliphatic carbocycles. The number of fused-ring (bicyclic) bond motifs is 2. The highest BCUT2D eigenvalue weighted by Gasteiger charge is 2.54. The van der Waals surface area contributed by atoms with Crippen LogP contribution in [-0.4, -0.2) is 53.3 Å². The van der Waals surface area contributed by atoms with E-state index < -0.39 is 17.5 Å². The summed E-state index contributed by atoms with van der Waals surface area (Å²) in [7, 11) is 0. The molecule has 4 heterocycles. The molecule has 0 aromatic heterocycles. The first-order chi connectivity index (χ1) is 12.4. The van der Waals surface area contributed by atoms with Gasteiger partial charge in [0.1, 0.15) is 11.6 Å². The van der Waals surface area contributed by atoms with Crippen molar-refractivity contribution in [2.75, 3.05) is 19.6 Å². The molecular formula is C19H23F2N3O2. The molecular weight excluding hydrogens is 340 g/mol. The number of piperidine rings is 3. The molecule has 2 amide bonds. The van der Waals surface area contributed by atoms with E-state index in [1.807, 2.05) is 4.90 Å². The van der Waals surface area contributed by atoms with Crippen molar-refractivity contribution in [3.05, 3.63) is 35.4 Å². The second-order valence-corrected chi connectivity index (χ2v) is 7.68. The lowest BCUT2D eigenvalue weighted by Gasteiger charge is -2.51. The molecule has 0 radical (unpaired) electrons. The third-order valence-electron chi connectivity index (χ3n) is 6.21. The molecule has 0 spiro atoms. The lowest BCUT2D eigenvalue weighted by molar-refractivity contribution is -0.137. The van der Waals surface area contributed by atoms with E-state index in [1.165, 1.54) is 12.1 Å². The second kappa shape index (κ2) is 6.61. The number of carbonyl (C=O) groups excluding carboxylic acids is 2.